The van der Waals surface area contributed by atoms with Gasteiger partial charge in [-0.3, -0.25) is 9.88 Å². The molecule has 166 valence electrons. The first-order chi connectivity index (χ1) is 16.2. The van der Waals surface area contributed by atoms with Crippen LogP contribution in [-0.2, 0) is 6.54 Å². The summed E-state index contributed by atoms with van der Waals surface area (Å²) in [4.78, 5) is 16.6. The maximum Gasteiger partial charge on any atom is 0.159 e. The first-order valence-corrected chi connectivity index (χ1v) is 11.8. The van der Waals surface area contributed by atoms with Gasteiger partial charge in [-0.05, 0) is 63.0 Å². The minimum Gasteiger partial charge on any atom is -0.299 e. The molecule has 1 aliphatic heterocycles. The highest BCUT2D eigenvalue weighted by molar-refractivity contribution is 5.68. The van der Waals surface area contributed by atoms with Gasteiger partial charge in [0.25, 0.3) is 0 Å². The molecule has 1 aliphatic rings. The number of piperidine rings is 1. The van der Waals surface area contributed by atoms with Crippen LogP contribution in [0.5, 0.6) is 0 Å². The molecule has 1 fully saturated rings. The summed E-state index contributed by atoms with van der Waals surface area (Å²) < 4.78 is 0. The lowest BCUT2D eigenvalue weighted by Gasteiger charge is -2.32. The third-order valence-electron chi connectivity index (χ3n) is 6.59. The molecule has 0 atom stereocenters. The maximum atomic E-state index is 5.13. The SMILES string of the molecule is Cc1ccc(CN2CCC(c3nc(-c4ccncc4)ncc3-c3cccc(C)c3)CC2)cc1. The molecule has 0 bridgehead atoms. The predicted octanol–water partition coefficient (Wildman–Crippen LogP) is 6.20. The van der Waals surface area contributed by atoms with E-state index < -0.39 is 0 Å². The van der Waals surface area contributed by atoms with Crippen LogP contribution in [0.3, 0.4) is 0 Å². The number of rotatable bonds is 5. The number of likely N-dealkylation sites (tertiary alicyclic amines) is 1. The van der Waals surface area contributed by atoms with Gasteiger partial charge >= 0.3 is 0 Å². The van der Waals surface area contributed by atoms with E-state index in [1.807, 2.05) is 18.3 Å². The molecular formula is C29H30N4. The normalized spacial score (nSPS) is 15.0. The number of benzene rings is 2. The maximum absolute atomic E-state index is 5.13. The van der Waals surface area contributed by atoms with E-state index in [2.05, 4.69) is 72.3 Å². The fraction of sp³-hybridized carbons (Fsp3) is 0.276. The average Bonchev–Trinajstić information content (AvgIpc) is 2.86. The van der Waals surface area contributed by atoms with E-state index in [-0.39, 0.29) is 0 Å². The fourth-order valence-corrected chi connectivity index (χ4v) is 4.70. The van der Waals surface area contributed by atoms with Gasteiger partial charge in [-0.15, -0.1) is 0 Å². The number of hydrogen-bond donors (Lipinski definition) is 0. The number of nitrogens with zero attached hydrogens (tertiary/aromatic N) is 4. The highest BCUT2D eigenvalue weighted by atomic mass is 15.1. The number of aromatic nitrogens is 3. The molecule has 2 aromatic heterocycles. The van der Waals surface area contributed by atoms with E-state index >= 15 is 0 Å². The van der Waals surface area contributed by atoms with Crippen molar-refractivity contribution >= 4 is 0 Å². The van der Waals surface area contributed by atoms with Crippen molar-refractivity contribution < 1.29 is 0 Å². The van der Waals surface area contributed by atoms with Crippen LogP contribution in [-0.4, -0.2) is 32.9 Å². The Balaban J connectivity index is 1.41. The summed E-state index contributed by atoms with van der Waals surface area (Å²) in [5, 5.41) is 0. The first kappa shape index (κ1) is 21.5. The van der Waals surface area contributed by atoms with Crippen LogP contribution in [0.4, 0.5) is 0 Å². The Bertz CT molecular complexity index is 1210. The third-order valence-corrected chi connectivity index (χ3v) is 6.59. The highest BCUT2D eigenvalue weighted by Gasteiger charge is 2.25. The molecule has 2 aromatic carbocycles. The van der Waals surface area contributed by atoms with Crippen LogP contribution in [0.2, 0.25) is 0 Å². The molecule has 4 aromatic rings. The molecule has 0 radical (unpaired) electrons. The molecule has 0 spiro atoms. The Morgan fingerprint density at radius 3 is 2.33 bits per heavy atom. The molecule has 5 rings (SSSR count). The Morgan fingerprint density at radius 2 is 1.61 bits per heavy atom. The lowest BCUT2D eigenvalue weighted by atomic mass is 9.88. The molecular weight excluding hydrogens is 404 g/mol. The van der Waals surface area contributed by atoms with Gasteiger partial charge in [-0.2, -0.15) is 0 Å². The molecule has 3 heterocycles. The minimum absolute atomic E-state index is 0.429. The summed E-state index contributed by atoms with van der Waals surface area (Å²) >= 11 is 0. The first-order valence-electron chi connectivity index (χ1n) is 11.8. The minimum atomic E-state index is 0.429. The van der Waals surface area contributed by atoms with Crippen LogP contribution in [0.15, 0.2) is 79.3 Å². The molecule has 33 heavy (non-hydrogen) atoms. The monoisotopic (exact) mass is 434 g/mol. The zero-order valence-electron chi connectivity index (χ0n) is 19.4. The van der Waals surface area contributed by atoms with Gasteiger partial charge in [-0.25, -0.2) is 9.97 Å². The molecule has 0 saturated carbocycles. The van der Waals surface area contributed by atoms with E-state index in [4.69, 9.17) is 9.97 Å². The van der Waals surface area contributed by atoms with Gasteiger partial charge in [0.05, 0.1) is 5.69 Å². The lowest BCUT2D eigenvalue weighted by Crippen LogP contribution is -2.33. The lowest BCUT2D eigenvalue weighted by molar-refractivity contribution is 0.203. The molecule has 0 aliphatic carbocycles. The Labute approximate surface area is 196 Å². The van der Waals surface area contributed by atoms with Crippen molar-refractivity contribution in [3.8, 4) is 22.5 Å². The second-order valence-corrected chi connectivity index (χ2v) is 9.13. The smallest absolute Gasteiger partial charge is 0.159 e. The van der Waals surface area contributed by atoms with E-state index in [0.717, 1.165) is 49.4 Å². The summed E-state index contributed by atoms with van der Waals surface area (Å²) in [5.41, 5.74) is 8.51. The van der Waals surface area contributed by atoms with Crippen molar-refractivity contribution in [2.75, 3.05) is 13.1 Å². The largest absolute Gasteiger partial charge is 0.299 e. The molecule has 4 nitrogen and oxygen atoms in total. The van der Waals surface area contributed by atoms with E-state index in [9.17, 15) is 0 Å². The highest BCUT2D eigenvalue weighted by Crippen LogP contribution is 2.35. The van der Waals surface area contributed by atoms with Crippen molar-refractivity contribution in [1.29, 1.82) is 0 Å². The summed E-state index contributed by atoms with van der Waals surface area (Å²) in [6.07, 6.45) is 7.84. The summed E-state index contributed by atoms with van der Waals surface area (Å²) in [7, 11) is 0. The molecule has 0 unspecified atom stereocenters. The third kappa shape index (κ3) is 5.01. The van der Waals surface area contributed by atoms with Gasteiger partial charge in [0.1, 0.15) is 0 Å². The average molecular weight is 435 g/mol. The van der Waals surface area contributed by atoms with Crippen LogP contribution in [0, 0.1) is 13.8 Å². The van der Waals surface area contributed by atoms with Crippen molar-refractivity contribution in [3.05, 3.63) is 102 Å². The summed E-state index contributed by atoms with van der Waals surface area (Å²) in [6, 6.07) is 21.6. The van der Waals surface area contributed by atoms with Gasteiger partial charge < -0.3 is 0 Å². The quantitative estimate of drug-likeness (QED) is 0.375. The Kier molecular flexibility index (Phi) is 6.27. The van der Waals surface area contributed by atoms with Crippen LogP contribution in [0.25, 0.3) is 22.5 Å². The van der Waals surface area contributed by atoms with Crippen molar-refractivity contribution in [3.63, 3.8) is 0 Å². The summed E-state index contributed by atoms with van der Waals surface area (Å²) in [6.45, 7) is 7.46. The number of aryl methyl sites for hydroxylation is 2. The zero-order valence-corrected chi connectivity index (χ0v) is 19.4. The molecule has 0 amide bonds. The van der Waals surface area contributed by atoms with Gasteiger partial charge in [-0.1, -0.05) is 59.7 Å². The van der Waals surface area contributed by atoms with Gasteiger partial charge in [0.2, 0.25) is 0 Å². The van der Waals surface area contributed by atoms with Crippen LogP contribution < -0.4 is 0 Å². The molecule has 4 heteroatoms. The Morgan fingerprint density at radius 1 is 0.848 bits per heavy atom. The van der Waals surface area contributed by atoms with Crippen molar-refractivity contribution in [2.45, 2.75) is 39.2 Å². The second kappa shape index (κ2) is 9.63. The second-order valence-electron chi connectivity index (χ2n) is 9.13. The zero-order chi connectivity index (χ0) is 22.6. The summed E-state index contributed by atoms with van der Waals surface area (Å²) in [5.74, 6) is 1.21. The number of pyridine rings is 1. The van der Waals surface area contributed by atoms with E-state index in [1.165, 1.54) is 27.9 Å². The van der Waals surface area contributed by atoms with Crippen molar-refractivity contribution in [1.82, 2.24) is 19.9 Å². The van der Waals surface area contributed by atoms with Crippen LogP contribution in [0.1, 0.15) is 41.1 Å². The standard InChI is InChI=1S/C29H30N4/c1-21-6-8-23(9-7-21)20-33-16-12-24(13-17-33)28-27(26-5-3-4-22(2)18-26)19-31-29(32-28)25-10-14-30-15-11-25/h3-11,14-15,18-19,24H,12-13,16-17,20H2,1-2H3. The fourth-order valence-electron chi connectivity index (χ4n) is 4.70. The molecule has 1 saturated heterocycles. The number of hydrogen-bond acceptors (Lipinski definition) is 4. The topological polar surface area (TPSA) is 41.9 Å². The van der Waals surface area contributed by atoms with E-state index in [1.54, 1.807) is 12.4 Å². The van der Waals surface area contributed by atoms with Crippen LogP contribution >= 0.6 is 0 Å². The van der Waals surface area contributed by atoms with Gasteiger partial charge in [0.15, 0.2) is 5.82 Å². The van der Waals surface area contributed by atoms with E-state index in [0.29, 0.717) is 5.92 Å². The van der Waals surface area contributed by atoms with Crippen molar-refractivity contribution in [2.24, 2.45) is 0 Å². The Hall–Kier alpha value is -3.37. The van der Waals surface area contributed by atoms with Gasteiger partial charge in [0, 0.05) is 42.2 Å². The molecule has 0 N–H and O–H groups in total. The predicted molar refractivity (Wildman–Crippen MR) is 134 cm³/mol.